The Bertz CT molecular complexity index is 108. The van der Waals surface area contributed by atoms with Crippen LogP contribution in [-0.2, 0) is 0 Å². The van der Waals surface area contributed by atoms with E-state index in [-0.39, 0.29) is 24.0 Å². The minimum Gasteiger partial charge on any atom is -0.390 e. The van der Waals surface area contributed by atoms with Gasteiger partial charge in [0.25, 0.3) is 0 Å². The average Bonchev–Trinajstić information content (AvgIpc) is 1.58. The minimum absolute atomic E-state index is 0. The highest BCUT2D eigenvalue weighted by Crippen LogP contribution is 2.39. The molecule has 1 saturated heterocycles. The molecule has 54 valence electrons. The second-order valence-corrected chi connectivity index (χ2v) is 2.91. The Morgan fingerprint density at radius 2 is 2.11 bits per heavy atom. The van der Waals surface area contributed by atoms with Crippen LogP contribution in [-0.4, -0.2) is 23.3 Å². The minimum atomic E-state index is -0.0313. The van der Waals surface area contributed by atoms with Gasteiger partial charge in [-0.3, -0.25) is 0 Å². The quantitative estimate of drug-likeness (QED) is 0.519. The number of halogens is 1. The topological polar surface area (TPSA) is 32.3 Å². The molecule has 9 heavy (non-hydrogen) atoms. The van der Waals surface area contributed by atoms with Gasteiger partial charge < -0.3 is 10.4 Å². The lowest BCUT2D eigenvalue weighted by Gasteiger charge is -2.54. The van der Waals surface area contributed by atoms with Crippen molar-refractivity contribution in [2.75, 3.05) is 6.54 Å². The summed E-state index contributed by atoms with van der Waals surface area (Å²) in [6.45, 7) is 0.819. The fourth-order valence-electron chi connectivity index (χ4n) is 1.55. The molecule has 0 bridgehead atoms. The van der Waals surface area contributed by atoms with Gasteiger partial charge in [0.1, 0.15) is 0 Å². The molecule has 2 aliphatic rings. The van der Waals surface area contributed by atoms with E-state index in [9.17, 15) is 0 Å². The largest absolute Gasteiger partial charge is 0.390 e. The first-order valence-corrected chi connectivity index (χ1v) is 3.27. The van der Waals surface area contributed by atoms with E-state index in [0.29, 0.717) is 0 Å². The van der Waals surface area contributed by atoms with Crippen LogP contribution >= 0.6 is 12.4 Å². The van der Waals surface area contributed by atoms with Crippen LogP contribution in [0.4, 0.5) is 0 Å². The van der Waals surface area contributed by atoms with Gasteiger partial charge in [-0.05, 0) is 19.3 Å². The number of hydrogen-bond acceptors (Lipinski definition) is 2. The number of hydrogen-bond donors (Lipinski definition) is 2. The molecule has 1 unspecified atom stereocenters. The zero-order chi connectivity index (χ0) is 5.61. The van der Waals surface area contributed by atoms with E-state index in [4.69, 9.17) is 5.11 Å². The van der Waals surface area contributed by atoms with Crippen LogP contribution in [0.5, 0.6) is 0 Å². The molecule has 1 heterocycles. The van der Waals surface area contributed by atoms with E-state index in [1.165, 1.54) is 19.3 Å². The lowest BCUT2D eigenvalue weighted by atomic mass is 9.68. The van der Waals surface area contributed by atoms with Crippen molar-refractivity contribution in [2.45, 2.75) is 30.9 Å². The van der Waals surface area contributed by atoms with E-state index >= 15 is 0 Å². The maximum absolute atomic E-state index is 9.16. The molecular formula is C6H12ClNO. The smallest absolute Gasteiger partial charge is 0.0845 e. The molecule has 2 N–H and O–H groups in total. The highest BCUT2D eigenvalue weighted by atomic mass is 35.5. The molecule has 1 aliphatic carbocycles. The number of nitrogens with one attached hydrogen (secondary N) is 1. The number of β-amino-alcohol motifs (C(OH)–C–C–N with tert-alkyl or cyclic N) is 1. The third kappa shape index (κ3) is 0.775. The third-order valence-corrected chi connectivity index (χ3v) is 2.53. The van der Waals surface area contributed by atoms with E-state index in [1.54, 1.807) is 0 Å². The van der Waals surface area contributed by atoms with Crippen molar-refractivity contribution >= 4 is 12.4 Å². The molecule has 1 aliphatic heterocycles. The van der Waals surface area contributed by atoms with Crippen LogP contribution in [0, 0.1) is 0 Å². The first kappa shape index (κ1) is 7.32. The summed E-state index contributed by atoms with van der Waals surface area (Å²) in [4.78, 5) is 0. The first-order valence-electron chi connectivity index (χ1n) is 3.27. The molecule has 0 amide bonds. The summed E-state index contributed by atoms with van der Waals surface area (Å²) >= 11 is 0. The predicted octanol–water partition coefficient (Wildman–Crippen LogP) is 0.295. The Morgan fingerprint density at radius 1 is 1.44 bits per heavy atom. The molecule has 0 aromatic carbocycles. The summed E-state index contributed by atoms with van der Waals surface area (Å²) < 4.78 is 0. The molecule has 0 radical (unpaired) electrons. The summed E-state index contributed by atoms with van der Waals surface area (Å²) in [6.07, 6.45) is 3.64. The summed E-state index contributed by atoms with van der Waals surface area (Å²) in [5, 5.41) is 12.4. The number of aliphatic hydroxyl groups is 1. The molecular weight excluding hydrogens is 138 g/mol. The van der Waals surface area contributed by atoms with Crippen LogP contribution in [0.15, 0.2) is 0 Å². The van der Waals surface area contributed by atoms with Gasteiger partial charge >= 0.3 is 0 Å². The predicted molar refractivity (Wildman–Crippen MR) is 37.8 cm³/mol. The zero-order valence-corrected chi connectivity index (χ0v) is 6.08. The summed E-state index contributed by atoms with van der Waals surface area (Å²) in [5.74, 6) is 0. The lowest BCUT2D eigenvalue weighted by molar-refractivity contribution is -0.0603. The highest BCUT2D eigenvalue weighted by Gasteiger charge is 2.49. The summed E-state index contributed by atoms with van der Waals surface area (Å²) in [7, 11) is 0. The van der Waals surface area contributed by atoms with Gasteiger partial charge in [0.05, 0.1) is 6.10 Å². The van der Waals surface area contributed by atoms with E-state index in [2.05, 4.69) is 5.32 Å². The van der Waals surface area contributed by atoms with E-state index in [1.807, 2.05) is 0 Å². The SMILES string of the molecule is Cl.OC1CNC12CCC2. The molecule has 2 nitrogen and oxygen atoms in total. The second-order valence-electron chi connectivity index (χ2n) is 2.91. The molecule has 2 fully saturated rings. The fraction of sp³-hybridized carbons (Fsp3) is 1.00. The van der Waals surface area contributed by atoms with Gasteiger partial charge in [0.15, 0.2) is 0 Å². The van der Waals surface area contributed by atoms with Gasteiger partial charge in [-0.2, -0.15) is 0 Å². The average molecular weight is 150 g/mol. The van der Waals surface area contributed by atoms with Crippen molar-refractivity contribution in [3.8, 4) is 0 Å². The van der Waals surface area contributed by atoms with Gasteiger partial charge in [-0.1, -0.05) is 0 Å². The Balaban J connectivity index is 0.000000405. The number of rotatable bonds is 0. The summed E-state index contributed by atoms with van der Waals surface area (Å²) in [5.41, 5.74) is 0.208. The highest BCUT2D eigenvalue weighted by molar-refractivity contribution is 5.85. The molecule has 3 heteroatoms. The lowest BCUT2D eigenvalue weighted by Crippen LogP contribution is -2.72. The maximum Gasteiger partial charge on any atom is 0.0845 e. The summed E-state index contributed by atoms with van der Waals surface area (Å²) in [6, 6.07) is 0. The Morgan fingerprint density at radius 3 is 2.11 bits per heavy atom. The Kier molecular flexibility index (Phi) is 1.72. The Labute approximate surface area is 61.0 Å². The van der Waals surface area contributed by atoms with Crippen molar-refractivity contribution in [3.63, 3.8) is 0 Å². The zero-order valence-electron chi connectivity index (χ0n) is 5.26. The molecule has 1 saturated carbocycles. The first-order chi connectivity index (χ1) is 3.83. The molecule has 0 aromatic heterocycles. The number of aliphatic hydroxyl groups excluding tert-OH is 1. The van der Waals surface area contributed by atoms with Gasteiger partial charge in [0, 0.05) is 12.1 Å². The van der Waals surface area contributed by atoms with Crippen LogP contribution in [0.25, 0.3) is 0 Å². The van der Waals surface area contributed by atoms with Crippen LogP contribution < -0.4 is 5.32 Å². The molecule has 2 rings (SSSR count). The van der Waals surface area contributed by atoms with Gasteiger partial charge in [0.2, 0.25) is 0 Å². The van der Waals surface area contributed by atoms with Crippen molar-refractivity contribution < 1.29 is 5.11 Å². The van der Waals surface area contributed by atoms with Crippen LogP contribution in [0.3, 0.4) is 0 Å². The van der Waals surface area contributed by atoms with Crippen molar-refractivity contribution in [1.29, 1.82) is 0 Å². The Hall–Kier alpha value is 0.210. The standard InChI is InChI=1S/C6H11NO.ClH/c8-5-4-7-6(5)2-1-3-6;/h5,7-8H,1-4H2;1H. The monoisotopic (exact) mass is 149 g/mol. The van der Waals surface area contributed by atoms with Gasteiger partial charge in [-0.15, -0.1) is 12.4 Å². The fourth-order valence-corrected chi connectivity index (χ4v) is 1.55. The molecule has 0 aromatic rings. The maximum atomic E-state index is 9.16. The van der Waals surface area contributed by atoms with Gasteiger partial charge in [-0.25, -0.2) is 0 Å². The van der Waals surface area contributed by atoms with E-state index < -0.39 is 0 Å². The molecule has 1 spiro atoms. The normalized spacial score (nSPS) is 36.3. The van der Waals surface area contributed by atoms with Crippen molar-refractivity contribution in [3.05, 3.63) is 0 Å². The van der Waals surface area contributed by atoms with Crippen LogP contribution in [0.1, 0.15) is 19.3 Å². The molecule has 1 atom stereocenters. The van der Waals surface area contributed by atoms with Crippen LogP contribution in [0.2, 0.25) is 0 Å². The van der Waals surface area contributed by atoms with E-state index in [0.717, 1.165) is 6.54 Å². The third-order valence-electron chi connectivity index (χ3n) is 2.53. The second kappa shape index (κ2) is 2.11. The van der Waals surface area contributed by atoms with Crippen molar-refractivity contribution in [2.24, 2.45) is 0 Å². The van der Waals surface area contributed by atoms with Crippen molar-refractivity contribution in [1.82, 2.24) is 5.32 Å².